The molecule has 3 nitrogen and oxygen atoms in total. The van der Waals surface area contributed by atoms with Gasteiger partial charge < -0.3 is 9.88 Å². The second-order valence-electron chi connectivity index (χ2n) is 4.01. The van der Waals surface area contributed by atoms with E-state index >= 15 is 0 Å². The summed E-state index contributed by atoms with van der Waals surface area (Å²) < 4.78 is 3.43. The maximum atomic E-state index is 4.02. The van der Waals surface area contributed by atoms with Crippen LogP contribution in [0.1, 0.15) is 32.1 Å². The number of aryl methyl sites for hydroxylation is 1. The Labute approximate surface area is 112 Å². The average Bonchev–Trinajstić information content (AvgIpc) is 2.80. The second kappa shape index (κ2) is 10.1. The number of rotatable bonds is 10. The lowest BCUT2D eigenvalue weighted by molar-refractivity contribution is 0.555. The van der Waals surface area contributed by atoms with Crippen LogP contribution in [0.15, 0.2) is 18.7 Å². The van der Waals surface area contributed by atoms with Gasteiger partial charge in [0.25, 0.3) is 0 Å². The van der Waals surface area contributed by atoms with Gasteiger partial charge in [-0.05, 0) is 36.8 Å². The van der Waals surface area contributed by atoms with Crippen LogP contribution < -0.4 is 5.32 Å². The molecule has 0 saturated heterocycles. The van der Waals surface area contributed by atoms with Crippen molar-refractivity contribution >= 4 is 22.6 Å². The average molecular weight is 335 g/mol. The first-order chi connectivity index (χ1) is 7.93. The van der Waals surface area contributed by atoms with E-state index in [0.29, 0.717) is 0 Å². The summed E-state index contributed by atoms with van der Waals surface area (Å²) in [4.78, 5) is 4.02. The first-order valence-corrected chi connectivity index (χ1v) is 7.68. The van der Waals surface area contributed by atoms with Gasteiger partial charge in [-0.3, -0.25) is 0 Å². The molecule has 0 spiro atoms. The molecule has 0 aromatic carbocycles. The molecule has 16 heavy (non-hydrogen) atoms. The third kappa shape index (κ3) is 7.22. The Morgan fingerprint density at radius 3 is 2.62 bits per heavy atom. The van der Waals surface area contributed by atoms with Gasteiger partial charge >= 0.3 is 0 Å². The lowest BCUT2D eigenvalue weighted by atomic mass is 10.2. The van der Waals surface area contributed by atoms with Crippen molar-refractivity contribution in [2.75, 3.05) is 17.5 Å². The number of hydrogen-bond acceptors (Lipinski definition) is 2. The van der Waals surface area contributed by atoms with Crippen LogP contribution in [0.4, 0.5) is 0 Å². The van der Waals surface area contributed by atoms with Gasteiger partial charge in [-0.2, -0.15) is 0 Å². The molecule has 1 heterocycles. The topological polar surface area (TPSA) is 29.9 Å². The van der Waals surface area contributed by atoms with Gasteiger partial charge in [0, 0.05) is 18.9 Å². The van der Waals surface area contributed by atoms with Crippen LogP contribution >= 0.6 is 22.6 Å². The van der Waals surface area contributed by atoms with Gasteiger partial charge in [0.2, 0.25) is 0 Å². The highest BCUT2D eigenvalue weighted by Crippen LogP contribution is 2.01. The SMILES string of the molecule is ICCCCCCNCCCn1ccnc1. The van der Waals surface area contributed by atoms with Crippen LogP contribution in [0.5, 0.6) is 0 Å². The molecule has 0 atom stereocenters. The van der Waals surface area contributed by atoms with Gasteiger partial charge in [-0.25, -0.2) is 4.98 Å². The molecule has 0 aliphatic heterocycles. The molecule has 0 bridgehead atoms. The first-order valence-electron chi connectivity index (χ1n) is 6.16. The lowest BCUT2D eigenvalue weighted by Crippen LogP contribution is -2.18. The quantitative estimate of drug-likeness (QED) is 0.405. The maximum Gasteiger partial charge on any atom is 0.0945 e. The molecular formula is C12H22IN3. The van der Waals surface area contributed by atoms with Crippen molar-refractivity contribution in [1.29, 1.82) is 0 Å². The number of nitrogens with zero attached hydrogens (tertiary/aromatic N) is 2. The summed E-state index contributed by atoms with van der Waals surface area (Å²) >= 11 is 2.45. The summed E-state index contributed by atoms with van der Waals surface area (Å²) in [5, 5.41) is 3.49. The minimum atomic E-state index is 1.07. The van der Waals surface area contributed by atoms with Gasteiger partial charge in [0.15, 0.2) is 0 Å². The van der Waals surface area contributed by atoms with E-state index in [2.05, 4.69) is 37.5 Å². The van der Waals surface area contributed by atoms with Crippen molar-refractivity contribution in [2.24, 2.45) is 0 Å². The lowest BCUT2D eigenvalue weighted by Gasteiger charge is -2.05. The van der Waals surface area contributed by atoms with E-state index in [1.807, 2.05) is 18.7 Å². The molecule has 1 aromatic rings. The number of imidazole rings is 1. The smallest absolute Gasteiger partial charge is 0.0945 e. The van der Waals surface area contributed by atoms with E-state index in [-0.39, 0.29) is 0 Å². The molecule has 0 unspecified atom stereocenters. The van der Waals surface area contributed by atoms with E-state index in [0.717, 1.165) is 13.1 Å². The summed E-state index contributed by atoms with van der Waals surface area (Å²) in [6, 6.07) is 0. The predicted molar refractivity (Wildman–Crippen MR) is 77.1 cm³/mol. The number of aromatic nitrogens is 2. The molecule has 0 amide bonds. The highest BCUT2D eigenvalue weighted by molar-refractivity contribution is 14.1. The number of hydrogen-bond donors (Lipinski definition) is 1. The maximum absolute atomic E-state index is 4.02. The third-order valence-electron chi connectivity index (χ3n) is 2.57. The monoisotopic (exact) mass is 335 g/mol. The zero-order chi connectivity index (χ0) is 11.5. The summed E-state index contributed by atoms with van der Waals surface area (Å²) in [6.07, 6.45) is 12.4. The first kappa shape index (κ1) is 14.0. The van der Waals surface area contributed by atoms with Crippen LogP contribution in [0.25, 0.3) is 0 Å². The fourth-order valence-corrected chi connectivity index (χ4v) is 2.17. The molecule has 0 aliphatic carbocycles. The van der Waals surface area contributed by atoms with E-state index in [1.165, 1.54) is 43.1 Å². The Hall–Kier alpha value is -0.100. The van der Waals surface area contributed by atoms with Crippen molar-refractivity contribution < 1.29 is 0 Å². The van der Waals surface area contributed by atoms with Crippen LogP contribution in [0.2, 0.25) is 0 Å². The van der Waals surface area contributed by atoms with E-state index in [4.69, 9.17) is 0 Å². The van der Waals surface area contributed by atoms with Gasteiger partial charge in [-0.15, -0.1) is 0 Å². The van der Waals surface area contributed by atoms with Crippen LogP contribution in [-0.2, 0) is 6.54 Å². The number of alkyl halides is 1. The number of nitrogens with one attached hydrogen (secondary N) is 1. The fourth-order valence-electron chi connectivity index (χ4n) is 1.63. The summed E-state index contributed by atoms with van der Waals surface area (Å²) in [5.41, 5.74) is 0. The van der Waals surface area contributed by atoms with Crippen molar-refractivity contribution in [2.45, 2.75) is 38.6 Å². The molecular weight excluding hydrogens is 313 g/mol. The zero-order valence-electron chi connectivity index (χ0n) is 9.87. The molecule has 0 fully saturated rings. The zero-order valence-corrected chi connectivity index (χ0v) is 12.0. The van der Waals surface area contributed by atoms with Crippen LogP contribution in [0, 0.1) is 0 Å². The largest absolute Gasteiger partial charge is 0.337 e. The molecule has 1 aromatic heterocycles. The van der Waals surface area contributed by atoms with Crippen molar-refractivity contribution in [3.8, 4) is 0 Å². The van der Waals surface area contributed by atoms with E-state index < -0.39 is 0 Å². The van der Waals surface area contributed by atoms with Crippen LogP contribution in [-0.4, -0.2) is 27.1 Å². The molecule has 92 valence electrons. The van der Waals surface area contributed by atoms with Crippen molar-refractivity contribution in [3.63, 3.8) is 0 Å². The highest BCUT2D eigenvalue weighted by Gasteiger charge is 1.91. The molecule has 1 N–H and O–H groups in total. The molecule has 1 rings (SSSR count). The fraction of sp³-hybridized carbons (Fsp3) is 0.750. The Morgan fingerprint density at radius 2 is 1.88 bits per heavy atom. The Morgan fingerprint density at radius 1 is 1.06 bits per heavy atom. The van der Waals surface area contributed by atoms with Crippen molar-refractivity contribution in [1.82, 2.24) is 14.9 Å². The van der Waals surface area contributed by atoms with Crippen LogP contribution in [0.3, 0.4) is 0 Å². The molecule has 0 saturated carbocycles. The van der Waals surface area contributed by atoms with E-state index in [9.17, 15) is 0 Å². The normalized spacial score (nSPS) is 10.8. The van der Waals surface area contributed by atoms with E-state index in [1.54, 1.807) is 0 Å². The Bertz CT molecular complexity index is 236. The Balaban J connectivity index is 1.78. The minimum Gasteiger partial charge on any atom is -0.337 e. The highest BCUT2D eigenvalue weighted by atomic mass is 127. The molecule has 0 aliphatic rings. The second-order valence-corrected chi connectivity index (χ2v) is 5.09. The summed E-state index contributed by atoms with van der Waals surface area (Å²) in [7, 11) is 0. The minimum absolute atomic E-state index is 1.07. The van der Waals surface area contributed by atoms with Gasteiger partial charge in [-0.1, -0.05) is 35.4 Å². The third-order valence-corrected chi connectivity index (χ3v) is 3.33. The predicted octanol–water partition coefficient (Wildman–Crippen LogP) is 2.86. The number of halogens is 1. The van der Waals surface area contributed by atoms with Crippen molar-refractivity contribution in [3.05, 3.63) is 18.7 Å². The molecule has 4 heteroatoms. The summed E-state index contributed by atoms with van der Waals surface area (Å²) in [5.74, 6) is 0. The number of unbranched alkanes of at least 4 members (excludes halogenated alkanes) is 3. The molecule has 0 radical (unpaired) electrons. The summed E-state index contributed by atoms with van der Waals surface area (Å²) in [6.45, 7) is 3.36. The Kier molecular flexibility index (Phi) is 8.80. The standard InChI is InChI=1S/C12H22IN3/c13-6-3-1-2-4-7-14-8-5-10-16-11-9-15-12-16/h9,11-12,14H,1-8,10H2. The van der Waals surface area contributed by atoms with Gasteiger partial charge in [0.1, 0.15) is 0 Å². The van der Waals surface area contributed by atoms with Gasteiger partial charge in [0.05, 0.1) is 6.33 Å².